The van der Waals surface area contributed by atoms with Crippen LogP contribution in [0.15, 0.2) is 12.1 Å². The Hall–Kier alpha value is -0.980. The zero-order valence-corrected chi connectivity index (χ0v) is 9.68. The van der Waals surface area contributed by atoms with E-state index in [0.717, 1.165) is 25.2 Å². The standard InChI is InChI=1S/C13H20O/c1-5-11-8-10(4)9-12(6-2)13(11)14-7-3/h8-9H,5-7H2,1-4H3. The maximum absolute atomic E-state index is 5.70. The van der Waals surface area contributed by atoms with Gasteiger partial charge in [-0.25, -0.2) is 0 Å². The minimum atomic E-state index is 0.753. The maximum Gasteiger partial charge on any atom is 0.125 e. The molecule has 0 atom stereocenters. The van der Waals surface area contributed by atoms with E-state index < -0.39 is 0 Å². The van der Waals surface area contributed by atoms with Crippen molar-refractivity contribution in [3.8, 4) is 5.75 Å². The van der Waals surface area contributed by atoms with Gasteiger partial charge in [0.05, 0.1) is 6.61 Å². The van der Waals surface area contributed by atoms with Crippen LogP contribution in [-0.4, -0.2) is 6.61 Å². The molecule has 0 saturated carbocycles. The summed E-state index contributed by atoms with van der Waals surface area (Å²) >= 11 is 0. The Labute approximate surface area is 87.1 Å². The van der Waals surface area contributed by atoms with Crippen molar-refractivity contribution in [3.05, 3.63) is 28.8 Å². The molecule has 0 aromatic heterocycles. The molecule has 0 spiro atoms. The first kappa shape index (κ1) is 11.1. The molecular weight excluding hydrogens is 172 g/mol. The molecule has 0 unspecified atom stereocenters. The number of benzene rings is 1. The lowest BCUT2D eigenvalue weighted by molar-refractivity contribution is 0.333. The molecule has 0 amide bonds. The molecule has 0 aliphatic rings. The lowest BCUT2D eigenvalue weighted by Gasteiger charge is -2.14. The van der Waals surface area contributed by atoms with Gasteiger partial charge in [0.15, 0.2) is 0 Å². The second-order valence-corrected chi connectivity index (χ2v) is 3.55. The summed E-state index contributed by atoms with van der Waals surface area (Å²) in [6.07, 6.45) is 2.09. The molecule has 14 heavy (non-hydrogen) atoms. The Morgan fingerprint density at radius 2 is 1.50 bits per heavy atom. The van der Waals surface area contributed by atoms with E-state index in [1.165, 1.54) is 16.7 Å². The molecule has 0 fully saturated rings. The second-order valence-electron chi connectivity index (χ2n) is 3.55. The third-order valence-electron chi connectivity index (χ3n) is 2.44. The van der Waals surface area contributed by atoms with Gasteiger partial charge in [-0.1, -0.05) is 31.5 Å². The van der Waals surface area contributed by atoms with Crippen molar-refractivity contribution in [3.63, 3.8) is 0 Å². The van der Waals surface area contributed by atoms with Gasteiger partial charge in [-0.05, 0) is 37.8 Å². The zero-order valence-electron chi connectivity index (χ0n) is 9.68. The fourth-order valence-electron chi connectivity index (χ4n) is 1.78. The topological polar surface area (TPSA) is 9.23 Å². The second kappa shape index (κ2) is 5.04. The van der Waals surface area contributed by atoms with Crippen LogP contribution >= 0.6 is 0 Å². The molecule has 0 bridgehead atoms. The highest BCUT2D eigenvalue weighted by molar-refractivity contribution is 5.44. The third kappa shape index (κ3) is 2.28. The number of aryl methyl sites for hydroxylation is 3. The summed E-state index contributed by atoms with van der Waals surface area (Å²) < 4.78 is 5.70. The van der Waals surface area contributed by atoms with Gasteiger partial charge in [-0.15, -0.1) is 0 Å². The smallest absolute Gasteiger partial charge is 0.125 e. The van der Waals surface area contributed by atoms with Gasteiger partial charge in [0.1, 0.15) is 5.75 Å². The van der Waals surface area contributed by atoms with Crippen LogP contribution < -0.4 is 4.74 Å². The van der Waals surface area contributed by atoms with Crippen LogP contribution in [0.5, 0.6) is 5.75 Å². The highest BCUT2D eigenvalue weighted by Gasteiger charge is 2.07. The molecule has 1 aromatic rings. The van der Waals surface area contributed by atoms with Crippen molar-refractivity contribution >= 4 is 0 Å². The van der Waals surface area contributed by atoms with E-state index in [0.29, 0.717) is 0 Å². The molecular formula is C13H20O. The molecule has 0 aliphatic heterocycles. The third-order valence-corrected chi connectivity index (χ3v) is 2.44. The minimum Gasteiger partial charge on any atom is -0.493 e. The normalized spacial score (nSPS) is 10.3. The van der Waals surface area contributed by atoms with Crippen molar-refractivity contribution in [1.29, 1.82) is 0 Å². The molecule has 0 saturated heterocycles. The van der Waals surface area contributed by atoms with Gasteiger partial charge in [0.25, 0.3) is 0 Å². The van der Waals surface area contributed by atoms with Gasteiger partial charge in [0, 0.05) is 0 Å². The first-order chi connectivity index (χ1) is 6.72. The van der Waals surface area contributed by atoms with Gasteiger partial charge >= 0.3 is 0 Å². The number of hydrogen-bond acceptors (Lipinski definition) is 1. The van der Waals surface area contributed by atoms with Crippen LogP contribution in [0.3, 0.4) is 0 Å². The number of hydrogen-bond donors (Lipinski definition) is 0. The van der Waals surface area contributed by atoms with Gasteiger partial charge in [-0.2, -0.15) is 0 Å². The molecule has 0 radical (unpaired) electrons. The van der Waals surface area contributed by atoms with Crippen LogP contribution in [0.2, 0.25) is 0 Å². The van der Waals surface area contributed by atoms with Crippen LogP contribution in [0.25, 0.3) is 0 Å². The van der Waals surface area contributed by atoms with E-state index in [1.807, 2.05) is 6.92 Å². The fourth-order valence-corrected chi connectivity index (χ4v) is 1.78. The minimum absolute atomic E-state index is 0.753. The molecule has 1 nitrogen and oxygen atoms in total. The molecule has 1 aromatic carbocycles. The van der Waals surface area contributed by atoms with Crippen LogP contribution in [0.1, 0.15) is 37.5 Å². The van der Waals surface area contributed by atoms with E-state index >= 15 is 0 Å². The summed E-state index contributed by atoms with van der Waals surface area (Å²) in [6, 6.07) is 4.45. The first-order valence-corrected chi connectivity index (χ1v) is 5.48. The Kier molecular flexibility index (Phi) is 3.99. The van der Waals surface area contributed by atoms with E-state index in [9.17, 15) is 0 Å². The largest absolute Gasteiger partial charge is 0.493 e. The quantitative estimate of drug-likeness (QED) is 0.709. The highest BCUT2D eigenvalue weighted by Crippen LogP contribution is 2.27. The predicted molar refractivity (Wildman–Crippen MR) is 61.1 cm³/mol. The zero-order chi connectivity index (χ0) is 10.6. The van der Waals surface area contributed by atoms with Crippen LogP contribution in [0, 0.1) is 6.92 Å². The number of rotatable bonds is 4. The summed E-state index contributed by atoms with van der Waals surface area (Å²) in [5, 5.41) is 0. The average molecular weight is 192 g/mol. The lowest BCUT2D eigenvalue weighted by atomic mass is 10.0. The summed E-state index contributed by atoms with van der Waals surface area (Å²) in [5.41, 5.74) is 4.01. The van der Waals surface area contributed by atoms with Gasteiger partial charge in [-0.3, -0.25) is 0 Å². The number of ether oxygens (including phenoxy) is 1. The highest BCUT2D eigenvalue weighted by atomic mass is 16.5. The summed E-state index contributed by atoms with van der Waals surface area (Å²) in [5.74, 6) is 1.11. The van der Waals surface area contributed by atoms with Crippen molar-refractivity contribution in [2.75, 3.05) is 6.61 Å². The maximum atomic E-state index is 5.70. The van der Waals surface area contributed by atoms with Crippen molar-refractivity contribution < 1.29 is 4.74 Å². The van der Waals surface area contributed by atoms with Crippen molar-refractivity contribution in [2.24, 2.45) is 0 Å². The van der Waals surface area contributed by atoms with Crippen LogP contribution in [0.4, 0.5) is 0 Å². The monoisotopic (exact) mass is 192 g/mol. The summed E-state index contributed by atoms with van der Waals surface area (Å²) in [7, 11) is 0. The average Bonchev–Trinajstić information content (AvgIpc) is 2.20. The van der Waals surface area contributed by atoms with E-state index in [1.54, 1.807) is 0 Å². The molecule has 0 N–H and O–H groups in total. The Morgan fingerprint density at radius 1 is 1.00 bits per heavy atom. The van der Waals surface area contributed by atoms with E-state index in [2.05, 4.69) is 32.9 Å². The van der Waals surface area contributed by atoms with Crippen molar-refractivity contribution in [2.45, 2.75) is 40.5 Å². The van der Waals surface area contributed by atoms with Crippen molar-refractivity contribution in [1.82, 2.24) is 0 Å². The van der Waals surface area contributed by atoms with E-state index in [4.69, 9.17) is 4.74 Å². The molecule has 0 aliphatic carbocycles. The fraction of sp³-hybridized carbons (Fsp3) is 0.538. The Bertz CT molecular complexity index is 277. The first-order valence-electron chi connectivity index (χ1n) is 5.48. The molecule has 0 heterocycles. The Morgan fingerprint density at radius 3 is 1.86 bits per heavy atom. The summed E-state index contributed by atoms with van der Waals surface area (Å²) in [4.78, 5) is 0. The van der Waals surface area contributed by atoms with Crippen LogP contribution in [-0.2, 0) is 12.8 Å². The SMILES string of the molecule is CCOc1c(CC)cc(C)cc1CC. The van der Waals surface area contributed by atoms with E-state index in [-0.39, 0.29) is 0 Å². The van der Waals surface area contributed by atoms with Gasteiger partial charge in [0.2, 0.25) is 0 Å². The lowest BCUT2D eigenvalue weighted by Crippen LogP contribution is -2.01. The summed E-state index contributed by atoms with van der Waals surface area (Å²) in [6.45, 7) is 9.29. The molecule has 1 heteroatoms. The predicted octanol–water partition coefficient (Wildman–Crippen LogP) is 3.52. The Balaban J connectivity index is 3.18. The molecule has 1 rings (SSSR count). The van der Waals surface area contributed by atoms with Gasteiger partial charge < -0.3 is 4.74 Å². The molecule has 78 valence electrons.